The van der Waals surface area contributed by atoms with Crippen molar-refractivity contribution in [1.29, 1.82) is 0 Å². The van der Waals surface area contributed by atoms with E-state index in [0.29, 0.717) is 13.0 Å². The molecule has 0 saturated carbocycles. The fourth-order valence-electron chi connectivity index (χ4n) is 3.65. The summed E-state index contributed by atoms with van der Waals surface area (Å²) in [4.78, 5) is 18.9. The van der Waals surface area contributed by atoms with Crippen molar-refractivity contribution in [3.8, 4) is 0 Å². The van der Waals surface area contributed by atoms with Crippen LogP contribution in [0.5, 0.6) is 0 Å². The van der Waals surface area contributed by atoms with Crippen LogP contribution in [0.2, 0.25) is 0 Å². The van der Waals surface area contributed by atoms with Gasteiger partial charge in [0.15, 0.2) is 0 Å². The molecule has 1 atom stereocenters. The Morgan fingerprint density at radius 3 is 2.38 bits per heavy atom. The monoisotopic (exact) mass is 351 g/mol. The Hall–Kier alpha value is -2.20. The number of likely N-dealkylation sites (tertiary alicyclic amines) is 1. The van der Waals surface area contributed by atoms with Crippen molar-refractivity contribution >= 4 is 5.91 Å². The van der Waals surface area contributed by atoms with E-state index in [1.165, 1.54) is 31.2 Å². The van der Waals surface area contributed by atoms with Gasteiger partial charge in [0, 0.05) is 25.4 Å². The van der Waals surface area contributed by atoms with Crippen molar-refractivity contribution in [1.82, 2.24) is 15.2 Å². The number of carbonyl (C=O) groups is 1. The van der Waals surface area contributed by atoms with Crippen LogP contribution in [0.3, 0.4) is 0 Å². The highest BCUT2D eigenvalue weighted by Crippen LogP contribution is 2.23. The van der Waals surface area contributed by atoms with E-state index in [9.17, 15) is 4.79 Å². The first-order valence-corrected chi connectivity index (χ1v) is 9.77. The van der Waals surface area contributed by atoms with Gasteiger partial charge in [-0.15, -0.1) is 0 Å². The highest BCUT2D eigenvalue weighted by Gasteiger charge is 2.21. The Balaban J connectivity index is 1.57. The smallest absolute Gasteiger partial charge is 0.220 e. The van der Waals surface area contributed by atoms with Crippen LogP contribution in [0.4, 0.5) is 0 Å². The number of hydrogen-bond donors (Lipinski definition) is 1. The zero-order valence-corrected chi connectivity index (χ0v) is 15.4. The lowest BCUT2D eigenvalue weighted by Crippen LogP contribution is -2.38. The number of carbonyl (C=O) groups excluding carboxylic acids is 1. The van der Waals surface area contributed by atoms with Crippen LogP contribution in [-0.4, -0.2) is 35.4 Å². The Bertz CT molecular complexity index is 652. The number of nitrogens with zero attached hydrogens (tertiary/aromatic N) is 2. The molecule has 1 aliphatic heterocycles. The second kappa shape index (κ2) is 10.1. The van der Waals surface area contributed by atoms with E-state index in [1.54, 1.807) is 12.4 Å². The molecule has 2 aromatic rings. The molecule has 1 amide bonds. The summed E-state index contributed by atoms with van der Waals surface area (Å²) in [5.41, 5.74) is 2.45. The van der Waals surface area contributed by atoms with E-state index in [2.05, 4.69) is 45.5 Å². The molecule has 1 fully saturated rings. The maximum absolute atomic E-state index is 12.4. The average Bonchev–Trinajstić information content (AvgIpc) is 2.98. The summed E-state index contributed by atoms with van der Waals surface area (Å²) >= 11 is 0. The Morgan fingerprint density at radius 1 is 1.00 bits per heavy atom. The maximum Gasteiger partial charge on any atom is 0.220 e. The highest BCUT2D eigenvalue weighted by molar-refractivity contribution is 5.76. The third-order valence-corrected chi connectivity index (χ3v) is 5.15. The first-order chi connectivity index (χ1) is 12.8. The zero-order chi connectivity index (χ0) is 18.0. The van der Waals surface area contributed by atoms with Crippen LogP contribution < -0.4 is 5.32 Å². The summed E-state index contributed by atoms with van der Waals surface area (Å²) in [5, 5.41) is 3.17. The summed E-state index contributed by atoms with van der Waals surface area (Å²) in [5.74, 6) is 0.123. The SMILES string of the molecule is O=C(CCc1ccncc1)NC[C@@H](c1ccccc1)N1CCCCCC1. The molecule has 4 nitrogen and oxygen atoms in total. The lowest BCUT2D eigenvalue weighted by Gasteiger charge is -2.31. The predicted octanol–water partition coefficient (Wildman–Crippen LogP) is 3.75. The molecule has 1 saturated heterocycles. The Morgan fingerprint density at radius 2 is 1.69 bits per heavy atom. The fraction of sp³-hybridized carbons (Fsp3) is 0.455. The van der Waals surface area contributed by atoms with E-state index in [4.69, 9.17) is 0 Å². The molecule has 26 heavy (non-hydrogen) atoms. The van der Waals surface area contributed by atoms with Gasteiger partial charge < -0.3 is 5.32 Å². The Labute approximate surface area is 156 Å². The fourth-order valence-corrected chi connectivity index (χ4v) is 3.65. The highest BCUT2D eigenvalue weighted by atomic mass is 16.1. The van der Waals surface area contributed by atoms with Crippen LogP contribution in [-0.2, 0) is 11.2 Å². The van der Waals surface area contributed by atoms with Gasteiger partial charge in [0.25, 0.3) is 0 Å². The third kappa shape index (κ3) is 5.67. The molecule has 2 heterocycles. The molecule has 1 aromatic heterocycles. The minimum atomic E-state index is 0.123. The van der Waals surface area contributed by atoms with Gasteiger partial charge in [-0.25, -0.2) is 0 Å². The molecule has 1 aromatic carbocycles. The summed E-state index contributed by atoms with van der Waals surface area (Å²) < 4.78 is 0. The van der Waals surface area contributed by atoms with Crippen LogP contribution in [0.15, 0.2) is 54.9 Å². The van der Waals surface area contributed by atoms with Crippen LogP contribution in [0.25, 0.3) is 0 Å². The molecule has 138 valence electrons. The van der Waals surface area contributed by atoms with Gasteiger partial charge in [-0.1, -0.05) is 43.2 Å². The van der Waals surface area contributed by atoms with Crippen LogP contribution in [0.1, 0.15) is 49.3 Å². The number of pyridine rings is 1. The van der Waals surface area contributed by atoms with Crippen molar-refractivity contribution < 1.29 is 4.79 Å². The number of nitrogens with one attached hydrogen (secondary N) is 1. The summed E-state index contributed by atoms with van der Waals surface area (Å²) in [6.07, 6.45) is 9.96. The Kier molecular flexibility index (Phi) is 7.20. The molecular formula is C22H29N3O. The van der Waals surface area contributed by atoms with Gasteiger partial charge in [0.1, 0.15) is 0 Å². The minimum absolute atomic E-state index is 0.123. The minimum Gasteiger partial charge on any atom is -0.354 e. The van der Waals surface area contributed by atoms with Gasteiger partial charge in [0.05, 0.1) is 6.04 Å². The van der Waals surface area contributed by atoms with E-state index in [-0.39, 0.29) is 11.9 Å². The second-order valence-electron chi connectivity index (χ2n) is 7.04. The van der Waals surface area contributed by atoms with E-state index < -0.39 is 0 Å². The van der Waals surface area contributed by atoms with E-state index in [1.807, 2.05) is 12.1 Å². The van der Waals surface area contributed by atoms with E-state index in [0.717, 1.165) is 25.1 Å². The molecule has 1 aliphatic rings. The molecule has 1 N–H and O–H groups in total. The summed E-state index contributed by atoms with van der Waals surface area (Å²) in [6.45, 7) is 2.91. The number of amides is 1. The first-order valence-electron chi connectivity index (χ1n) is 9.77. The first kappa shape index (κ1) is 18.6. The number of aromatic nitrogens is 1. The molecule has 0 unspecified atom stereocenters. The number of hydrogen-bond acceptors (Lipinski definition) is 3. The number of benzene rings is 1. The third-order valence-electron chi connectivity index (χ3n) is 5.15. The van der Waals surface area contributed by atoms with Crippen LogP contribution in [0, 0.1) is 0 Å². The molecule has 0 radical (unpaired) electrons. The molecule has 0 spiro atoms. The largest absolute Gasteiger partial charge is 0.354 e. The predicted molar refractivity (Wildman–Crippen MR) is 105 cm³/mol. The van der Waals surface area contributed by atoms with Crippen LogP contribution >= 0.6 is 0 Å². The molecular weight excluding hydrogens is 322 g/mol. The van der Waals surface area contributed by atoms with Crippen molar-refractivity contribution in [2.75, 3.05) is 19.6 Å². The molecule has 4 heteroatoms. The van der Waals surface area contributed by atoms with Crippen molar-refractivity contribution in [3.05, 3.63) is 66.0 Å². The maximum atomic E-state index is 12.4. The summed E-state index contributed by atoms with van der Waals surface area (Å²) in [7, 11) is 0. The van der Waals surface area contributed by atoms with Gasteiger partial charge in [-0.2, -0.15) is 0 Å². The van der Waals surface area contributed by atoms with Gasteiger partial charge in [-0.3, -0.25) is 14.7 Å². The van der Waals surface area contributed by atoms with Crippen molar-refractivity contribution in [2.45, 2.75) is 44.6 Å². The molecule has 3 rings (SSSR count). The normalized spacial score (nSPS) is 16.6. The van der Waals surface area contributed by atoms with Crippen molar-refractivity contribution in [2.24, 2.45) is 0 Å². The lowest BCUT2D eigenvalue weighted by atomic mass is 10.0. The lowest BCUT2D eigenvalue weighted by molar-refractivity contribution is -0.121. The topological polar surface area (TPSA) is 45.2 Å². The number of aryl methyl sites for hydroxylation is 1. The van der Waals surface area contributed by atoms with Gasteiger partial charge in [-0.05, 0) is 55.6 Å². The van der Waals surface area contributed by atoms with E-state index >= 15 is 0 Å². The van der Waals surface area contributed by atoms with Gasteiger partial charge in [0.2, 0.25) is 5.91 Å². The molecule has 0 bridgehead atoms. The molecule has 0 aliphatic carbocycles. The van der Waals surface area contributed by atoms with Crippen molar-refractivity contribution in [3.63, 3.8) is 0 Å². The quantitative estimate of drug-likeness (QED) is 0.826. The summed E-state index contributed by atoms with van der Waals surface area (Å²) in [6, 6.07) is 14.8. The standard InChI is InChI=1S/C22H29N3O/c26-22(11-10-19-12-14-23-15-13-19)24-18-21(20-8-4-3-5-9-20)25-16-6-1-2-7-17-25/h3-5,8-9,12-15,21H,1-2,6-7,10-11,16-18H2,(H,24,26)/t21-/m0/s1. The zero-order valence-electron chi connectivity index (χ0n) is 15.4. The van der Waals surface area contributed by atoms with Gasteiger partial charge >= 0.3 is 0 Å². The average molecular weight is 351 g/mol. The number of rotatable bonds is 7. The second-order valence-corrected chi connectivity index (χ2v) is 7.04.